The molecule has 2 atom stereocenters. The summed E-state index contributed by atoms with van der Waals surface area (Å²) in [5.74, 6) is -0.587. The SMILES string of the molecule is CC1(C(=O)O)CCCCC1N1CCCCCC1=O. The van der Waals surface area contributed by atoms with Crippen LogP contribution in [0.4, 0.5) is 0 Å². The second kappa shape index (κ2) is 5.29. The molecule has 1 aliphatic carbocycles. The van der Waals surface area contributed by atoms with Crippen molar-refractivity contribution >= 4 is 11.9 Å². The lowest BCUT2D eigenvalue weighted by Gasteiger charge is -2.44. The summed E-state index contributed by atoms with van der Waals surface area (Å²) in [6.45, 7) is 2.56. The lowest BCUT2D eigenvalue weighted by Crippen LogP contribution is -2.54. The Labute approximate surface area is 108 Å². The highest BCUT2D eigenvalue weighted by atomic mass is 16.4. The van der Waals surface area contributed by atoms with Crippen LogP contribution in [0, 0.1) is 5.41 Å². The first-order valence-corrected chi connectivity index (χ1v) is 7.08. The summed E-state index contributed by atoms with van der Waals surface area (Å²) in [5.41, 5.74) is -0.752. The van der Waals surface area contributed by atoms with E-state index in [0.717, 1.165) is 45.1 Å². The van der Waals surface area contributed by atoms with E-state index in [1.807, 2.05) is 11.8 Å². The van der Waals surface area contributed by atoms with E-state index in [9.17, 15) is 14.7 Å². The van der Waals surface area contributed by atoms with Gasteiger partial charge in [0.05, 0.1) is 5.41 Å². The third-order valence-electron chi connectivity index (χ3n) is 4.63. The number of rotatable bonds is 2. The number of amides is 1. The van der Waals surface area contributed by atoms with Crippen molar-refractivity contribution in [1.82, 2.24) is 4.90 Å². The molecule has 1 aliphatic heterocycles. The Hall–Kier alpha value is -1.06. The van der Waals surface area contributed by atoms with E-state index in [1.165, 1.54) is 0 Å². The number of carboxylic acids is 1. The summed E-state index contributed by atoms with van der Waals surface area (Å²) in [5, 5.41) is 9.52. The Morgan fingerprint density at radius 1 is 1.28 bits per heavy atom. The summed E-state index contributed by atoms with van der Waals surface area (Å²) < 4.78 is 0. The van der Waals surface area contributed by atoms with Gasteiger partial charge in [0.1, 0.15) is 0 Å². The van der Waals surface area contributed by atoms with Crippen molar-refractivity contribution in [2.75, 3.05) is 6.54 Å². The Morgan fingerprint density at radius 2 is 2.06 bits per heavy atom. The van der Waals surface area contributed by atoms with Gasteiger partial charge in [-0.05, 0) is 32.6 Å². The molecule has 0 aromatic carbocycles. The number of hydrogen-bond donors (Lipinski definition) is 1. The number of carbonyl (C=O) groups excluding carboxylic acids is 1. The molecular formula is C14H23NO3. The highest BCUT2D eigenvalue weighted by Crippen LogP contribution is 2.40. The molecule has 2 rings (SSSR count). The molecule has 1 saturated heterocycles. The zero-order valence-corrected chi connectivity index (χ0v) is 11.2. The molecule has 2 unspecified atom stereocenters. The summed E-state index contributed by atoms with van der Waals surface area (Å²) >= 11 is 0. The molecular weight excluding hydrogens is 230 g/mol. The number of likely N-dealkylation sites (tertiary alicyclic amines) is 1. The molecule has 2 fully saturated rings. The third-order valence-corrected chi connectivity index (χ3v) is 4.63. The minimum absolute atomic E-state index is 0.102. The van der Waals surface area contributed by atoms with Crippen molar-refractivity contribution in [1.29, 1.82) is 0 Å². The van der Waals surface area contributed by atoms with E-state index >= 15 is 0 Å². The van der Waals surface area contributed by atoms with Crippen LogP contribution in [0.1, 0.15) is 58.3 Å². The van der Waals surface area contributed by atoms with Crippen molar-refractivity contribution in [3.63, 3.8) is 0 Å². The smallest absolute Gasteiger partial charge is 0.311 e. The Morgan fingerprint density at radius 3 is 2.78 bits per heavy atom. The van der Waals surface area contributed by atoms with Gasteiger partial charge < -0.3 is 10.0 Å². The first-order valence-electron chi connectivity index (χ1n) is 7.08. The molecule has 0 aromatic heterocycles. The monoisotopic (exact) mass is 253 g/mol. The van der Waals surface area contributed by atoms with Crippen molar-refractivity contribution in [2.24, 2.45) is 5.41 Å². The van der Waals surface area contributed by atoms with Crippen LogP contribution < -0.4 is 0 Å². The number of carboxylic acid groups (broad SMARTS) is 1. The van der Waals surface area contributed by atoms with E-state index < -0.39 is 11.4 Å². The topological polar surface area (TPSA) is 57.6 Å². The average molecular weight is 253 g/mol. The van der Waals surface area contributed by atoms with Crippen molar-refractivity contribution in [3.8, 4) is 0 Å². The maximum atomic E-state index is 12.2. The van der Waals surface area contributed by atoms with Crippen LogP contribution >= 0.6 is 0 Å². The minimum Gasteiger partial charge on any atom is -0.481 e. The quantitative estimate of drug-likeness (QED) is 0.822. The van der Waals surface area contributed by atoms with E-state index in [1.54, 1.807) is 0 Å². The van der Waals surface area contributed by atoms with Crippen LogP contribution in [0.2, 0.25) is 0 Å². The molecule has 18 heavy (non-hydrogen) atoms. The molecule has 2 aliphatic rings. The maximum absolute atomic E-state index is 12.2. The molecule has 0 aromatic rings. The fourth-order valence-corrected chi connectivity index (χ4v) is 3.40. The van der Waals surface area contributed by atoms with Crippen molar-refractivity contribution in [2.45, 2.75) is 64.3 Å². The number of nitrogens with zero attached hydrogens (tertiary/aromatic N) is 1. The van der Waals surface area contributed by atoms with E-state index in [0.29, 0.717) is 12.8 Å². The van der Waals surface area contributed by atoms with Crippen LogP contribution in [0.3, 0.4) is 0 Å². The normalized spacial score (nSPS) is 34.2. The van der Waals surface area contributed by atoms with Gasteiger partial charge in [-0.25, -0.2) is 0 Å². The van der Waals surface area contributed by atoms with Gasteiger partial charge in [-0.1, -0.05) is 19.3 Å². The second-order valence-electron chi connectivity index (χ2n) is 5.88. The van der Waals surface area contributed by atoms with Gasteiger partial charge in [0.15, 0.2) is 0 Å². The lowest BCUT2D eigenvalue weighted by molar-refractivity contribution is -0.157. The number of hydrogen-bond acceptors (Lipinski definition) is 2. The molecule has 0 radical (unpaired) electrons. The van der Waals surface area contributed by atoms with E-state index in [-0.39, 0.29) is 11.9 Å². The van der Waals surface area contributed by atoms with Crippen molar-refractivity contribution in [3.05, 3.63) is 0 Å². The van der Waals surface area contributed by atoms with Crippen molar-refractivity contribution < 1.29 is 14.7 Å². The van der Waals surface area contributed by atoms with Gasteiger partial charge >= 0.3 is 5.97 Å². The Bertz CT molecular complexity index is 342. The Kier molecular flexibility index (Phi) is 3.93. The van der Waals surface area contributed by atoms with Gasteiger partial charge in [0.25, 0.3) is 0 Å². The Balaban J connectivity index is 2.22. The second-order valence-corrected chi connectivity index (χ2v) is 5.88. The maximum Gasteiger partial charge on any atom is 0.311 e. The summed E-state index contributed by atoms with van der Waals surface area (Å²) in [7, 11) is 0. The summed E-state index contributed by atoms with van der Waals surface area (Å²) in [4.78, 5) is 25.6. The molecule has 0 spiro atoms. The van der Waals surface area contributed by atoms with Crippen LogP contribution in [0.5, 0.6) is 0 Å². The fourth-order valence-electron chi connectivity index (χ4n) is 3.40. The summed E-state index contributed by atoms with van der Waals surface area (Å²) in [6, 6.07) is -0.102. The largest absolute Gasteiger partial charge is 0.481 e. The number of aliphatic carboxylic acids is 1. The molecule has 1 amide bonds. The van der Waals surface area contributed by atoms with Crippen LogP contribution in [0.15, 0.2) is 0 Å². The van der Waals surface area contributed by atoms with Crippen LogP contribution in [-0.2, 0) is 9.59 Å². The zero-order chi connectivity index (χ0) is 13.2. The van der Waals surface area contributed by atoms with Gasteiger partial charge in [-0.2, -0.15) is 0 Å². The highest BCUT2D eigenvalue weighted by molar-refractivity contribution is 5.80. The minimum atomic E-state index is -0.752. The van der Waals surface area contributed by atoms with Gasteiger partial charge in [-0.3, -0.25) is 9.59 Å². The predicted octanol–water partition coefficient (Wildman–Crippen LogP) is 2.42. The zero-order valence-electron chi connectivity index (χ0n) is 11.2. The highest BCUT2D eigenvalue weighted by Gasteiger charge is 2.47. The standard InChI is InChI=1S/C14H23NO3/c1-14(13(17)18)9-5-4-7-11(14)15-10-6-2-3-8-12(15)16/h11H,2-10H2,1H3,(H,17,18). The average Bonchev–Trinajstić information content (AvgIpc) is 2.54. The molecule has 1 N–H and O–H groups in total. The molecule has 1 heterocycles. The van der Waals surface area contributed by atoms with E-state index in [4.69, 9.17) is 0 Å². The van der Waals surface area contributed by atoms with Gasteiger partial charge in [0, 0.05) is 19.0 Å². The van der Waals surface area contributed by atoms with E-state index in [2.05, 4.69) is 0 Å². The lowest BCUT2D eigenvalue weighted by atomic mass is 9.71. The van der Waals surface area contributed by atoms with Gasteiger partial charge in [-0.15, -0.1) is 0 Å². The molecule has 4 heteroatoms. The molecule has 1 saturated carbocycles. The van der Waals surface area contributed by atoms with Gasteiger partial charge in [0.2, 0.25) is 5.91 Å². The molecule has 0 bridgehead atoms. The number of carbonyl (C=O) groups is 2. The first kappa shape index (κ1) is 13.4. The summed E-state index contributed by atoms with van der Waals surface area (Å²) in [6.07, 6.45) is 7.17. The fraction of sp³-hybridized carbons (Fsp3) is 0.857. The predicted molar refractivity (Wildman–Crippen MR) is 68.2 cm³/mol. The van der Waals surface area contributed by atoms with Crippen LogP contribution in [0.25, 0.3) is 0 Å². The third kappa shape index (κ3) is 2.38. The first-order chi connectivity index (χ1) is 8.55. The van der Waals surface area contributed by atoms with Crippen LogP contribution in [-0.4, -0.2) is 34.5 Å². The molecule has 102 valence electrons. The molecule has 4 nitrogen and oxygen atoms in total.